The standard InChI is InChI=1S/C24H34N2O2/c1-3-5-12-25(13-6-4-2)14-9-10-19-16-20-18-24(21(19)17-23(27)28-24)22-11-7-8-15-26(20)22/h16-17,20,22H,3-8,11-15,18H2,1-2H3/t20-,22?,24+/m1/s1. The molecule has 0 amide bonds. The largest absolute Gasteiger partial charge is 0.449 e. The van der Waals surface area contributed by atoms with Crippen molar-refractivity contribution in [1.82, 2.24) is 9.80 Å². The zero-order chi connectivity index (χ0) is 19.6. The Bertz CT molecular complexity index is 721. The quantitative estimate of drug-likeness (QED) is 0.497. The molecule has 4 aliphatic rings. The first kappa shape index (κ1) is 19.7. The second-order valence-electron chi connectivity index (χ2n) is 8.75. The zero-order valence-corrected chi connectivity index (χ0v) is 17.5. The van der Waals surface area contributed by atoms with Gasteiger partial charge >= 0.3 is 5.97 Å². The maximum absolute atomic E-state index is 12.2. The topological polar surface area (TPSA) is 32.8 Å². The van der Waals surface area contributed by atoms with E-state index in [1.807, 2.05) is 0 Å². The van der Waals surface area contributed by atoms with Crippen LogP contribution in [0, 0.1) is 11.8 Å². The fraction of sp³-hybridized carbons (Fsp3) is 0.708. The van der Waals surface area contributed by atoms with Crippen LogP contribution in [0.15, 0.2) is 23.3 Å². The van der Waals surface area contributed by atoms with Crippen molar-refractivity contribution in [2.45, 2.75) is 82.9 Å². The van der Waals surface area contributed by atoms with Crippen LogP contribution >= 0.6 is 0 Å². The maximum atomic E-state index is 12.2. The van der Waals surface area contributed by atoms with E-state index in [-0.39, 0.29) is 5.97 Å². The SMILES string of the molecule is CCCCN(CC#CC1=C[C@@H]2C[C@@]3(OC(=O)C=C13)C1CCCCN12)CCCC. The minimum Gasteiger partial charge on any atom is -0.449 e. The van der Waals surface area contributed by atoms with Crippen molar-refractivity contribution in [2.24, 2.45) is 0 Å². The van der Waals surface area contributed by atoms with Crippen LogP contribution in [0.3, 0.4) is 0 Å². The molecule has 4 nitrogen and oxygen atoms in total. The summed E-state index contributed by atoms with van der Waals surface area (Å²) in [6, 6.07) is 0.707. The van der Waals surface area contributed by atoms with Gasteiger partial charge in [-0.2, -0.15) is 0 Å². The molecule has 2 bridgehead atoms. The summed E-state index contributed by atoms with van der Waals surface area (Å²) in [5.74, 6) is 6.70. The van der Waals surface area contributed by atoms with Crippen molar-refractivity contribution in [1.29, 1.82) is 0 Å². The fourth-order valence-corrected chi connectivity index (χ4v) is 5.45. The predicted molar refractivity (Wildman–Crippen MR) is 112 cm³/mol. The molecule has 0 aromatic rings. The highest BCUT2D eigenvalue weighted by Crippen LogP contribution is 2.53. The van der Waals surface area contributed by atoms with Crippen molar-refractivity contribution >= 4 is 5.97 Å². The lowest BCUT2D eigenvalue weighted by Crippen LogP contribution is -2.48. The third kappa shape index (κ3) is 3.55. The van der Waals surface area contributed by atoms with Crippen LogP contribution in [-0.2, 0) is 9.53 Å². The van der Waals surface area contributed by atoms with Gasteiger partial charge < -0.3 is 4.74 Å². The summed E-state index contributed by atoms with van der Waals surface area (Å²) in [4.78, 5) is 17.3. The van der Waals surface area contributed by atoms with Crippen molar-refractivity contribution in [2.75, 3.05) is 26.2 Å². The molecule has 1 unspecified atom stereocenters. The van der Waals surface area contributed by atoms with Crippen LogP contribution in [0.1, 0.15) is 65.2 Å². The van der Waals surface area contributed by atoms with Crippen LogP contribution in [0.25, 0.3) is 0 Å². The normalized spacial score (nSPS) is 30.9. The number of carbonyl (C=O) groups is 1. The number of hydrogen-bond donors (Lipinski definition) is 0. The molecule has 4 heteroatoms. The van der Waals surface area contributed by atoms with Crippen molar-refractivity contribution in [3.05, 3.63) is 23.3 Å². The van der Waals surface area contributed by atoms with Gasteiger partial charge in [-0.05, 0) is 45.3 Å². The molecule has 0 aromatic carbocycles. The first-order valence-electron chi connectivity index (χ1n) is 11.3. The smallest absolute Gasteiger partial charge is 0.332 e. The van der Waals surface area contributed by atoms with Crippen LogP contribution in [0.2, 0.25) is 0 Å². The molecule has 152 valence electrons. The molecule has 3 atom stereocenters. The highest BCUT2D eigenvalue weighted by molar-refractivity contribution is 5.90. The molecule has 0 radical (unpaired) electrons. The van der Waals surface area contributed by atoms with E-state index >= 15 is 0 Å². The van der Waals surface area contributed by atoms with Crippen molar-refractivity contribution in [3.8, 4) is 11.8 Å². The third-order valence-electron chi connectivity index (χ3n) is 6.85. The van der Waals surface area contributed by atoms with Crippen molar-refractivity contribution < 1.29 is 9.53 Å². The highest BCUT2D eigenvalue weighted by Gasteiger charge is 2.61. The lowest BCUT2D eigenvalue weighted by molar-refractivity contribution is -0.148. The van der Waals surface area contributed by atoms with E-state index in [4.69, 9.17) is 4.74 Å². The van der Waals surface area contributed by atoms with Gasteiger partial charge in [0, 0.05) is 29.7 Å². The third-order valence-corrected chi connectivity index (χ3v) is 6.85. The molecule has 1 spiro atoms. The number of nitrogens with zero attached hydrogens (tertiary/aromatic N) is 2. The van der Waals surface area contributed by atoms with Crippen LogP contribution in [0.5, 0.6) is 0 Å². The first-order chi connectivity index (χ1) is 13.7. The molecule has 4 rings (SSSR count). The van der Waals surface area contributed by atoms with Crippen LogP contribution in [0.4, 0.5) is 0 Å². The number of fused-ring (bicyclic) bond motifs is 3. The Morgan fingerprint density at radius 1 is 1.25 bits per heavy atom. The molecule has 0 N–H and O–H groups in total. The zero-order valence-electron chi connectivity index (χ0n) is 17.5. The number of carbonyl (C=O) groups excluding carboxylic acids is 1. The number of unbranched alkanes of at least 4 members (excludes halogenated alkanes) is 2. The highest BCUT2D eigenvalue weighted by atomic mass is 16.6. The number of ether oxygens (including phenoxy) is 1. The van der Waals surface area contributed by atoms with Crippen molar-refractivity contribution in [3.63, 3.8) is 0 Å². The summed E-state index contributed by atoms with van der Waals surface area (Å²) in [5, 5.41) is 0. The summed E-state index contributed by atoms with van der Waals surface area (Å²) < 4.78 is 5.98. The predicted octanol–water partition coefficient (Wildman–Crippen LogP) is 3.68. The van der Waals surface area contributed by atoms with Gasteiger partial charge in [0.15, 0.2) is 5.60 Å². The molecule has 0 saturated carbocycles. The Kier molecular flexibility index (Phi) is 5.94. The van der Waals surface area contributed by atoms with E-state index in [0.717, 1.165) is 50.2 Å². The lowest BCUT2D eigenvalue weighted by Gasteiger charge is -2.38. The summed E-state index contributed by atoms with van der Waals surface area (Å²) in [7, 11) is 0. The summed E-state index contributed by atoms with van der Waals surface area (Å²) >= 11 is 0. The second-order valence-corrected chi connectivity index (χ2v) is 8.75. The average Bonchev–Trinajstić information content (AvgIpc) is 3.18. The Labute approximate surface area is 170 Å². The van der Waals surface area contributed by atoms with Gasteiger partial charge in [0.2, 0.25) is 0 Å². The number of piperidine rings is 1. The summed E-state index contributed by atoms with van der Waals surface area (Å²) in [6.45, 7) is 8.65. The number of hydrogen-bond acceptors (Lipinski definition) is 4. The molecule has 1 aliphatic carbocycles. The van der Waals surface area contributed by atoms with E-state index in [0.29, 0.717) is 12.1 Å². The maximum Gasteiger partial charge on any atom is 0.332 e. The van der Waals surface area contributed by atoms with E-state index < -0.39 is 5.60 Å². The minimum atomic E-state index is -0.426. The number of rotatable bonds is 7. The molecule has 28 heavy (non-hydrogen) atoms. The van der Waals surface area contributed by atoms with E-state index in [1.54, 1.807) is 6.08 Å². The van der Waals surface area contributed by atoms with Gasteiger partial charge in [-0.15, -0.1) is 0 Å². The monoisotopic (exact) mass is 382 g/mol. The van der Waals surface area contributed by atoms with Gasteiger partial charge in [-0.1, -0.05) is 51.0 Å². The van der Waals surface area contributed by atoms with E-state index in [9.17, 15) is 4.79 Å². The second kappa shape index (κ2) is 8.43. The van der Waals surface area contributed by atoms with Gasteiger partial charge in [0.05, 0.1) is 12.6 Å². The molecular formula is C24H34N2O2. The molecule has 3 aliphatic heterocycles. The molecule has 2 saturated heterocycles. The van der Waals surface area contributed by atoms with Crippen LogP contribution < -0.4 is 0 Å². The Morgan fingerprint density at radius 3 is 2.79 bits per heavy atom. The van der Waals surface area contributed by atoms with Gasteiger partial charge in [0.25, 0.3) is 0 Å². The Hall–Kier alpha value is -1.57. The lowest BCUT2D eigenvalue weighted by atomic mass is 9.77. The van der Waals surface area contributed by atoms with E-state index in [1.165, 1.54) is 38.5 Å². The molecular weight excluding hydrogens is 348 g/mol. The summed E-state index contributed by atoms with van der Waals surface area (Å²) in [5.41, 5.74) is 1.68. The van der Waals surface area contributed by atoms with E-state index in [2.05, 4.69) is 41.6 Å². The molecule has 0 aromatic heterocycles. The Balaban J connectivity index is 1.53. The molecule has 3 heterocycles. The Morgan fingerprint density at radius 2 is 2.04 bits per heavy atom. The van der Waals surface area contributed by atoms with Gasteiger partial charge in [-0.25, -0.2) is 4.79 Å². The summed E-state index contributed by atoms with van der Waals surface area (Å²) in [6.07, 6.45) is 13.4. The molecule has 2 fully saturated rings. The van der Waals surface area contributed by atoms with Crippen LogP contribution in [-0.4, -0.2) is 59.6 Å². The fourth-order valence-electron chi connectivity index (χ4n) is 5.45. The van der Waals surface area contributed by atoms with Gasteiger partial charge in [0.1, 0.15) is 0 Å². The van der Waals surface area contributed by atoms with Gasteiger partial charge in [-0.3, -0.25) is 9.80 Å². The first-order valence-corrected chi connectivity index (χ1v) is 11.3. The average molecular weight is 383 g/mol. The minimum absolute atomic E-state index is 0.178. The number of esters is 1.